The topological polar surface area (TPSA) is 22.1 Å². The lowest BCUT2D eigenvalue weighted by molar-refractivity contribution is 0.253. The number of hydrogen-bond acceptors (Lipinski definition) is 2. The quantitative estimate of drug-likeness (QED) is 0.370. The summed E-state index contributed by atoms with van der Waals surface area (Å²) in [6.45, 7) is -0.428. The van der Waals surface area contributed by atoms with Crippen molar-refractivity contribution in [3.05, 3.63) is 58.1 Å². The molecule has 0 saturated heterocycles. The van der Waals surface area contributed by atoms with E-state index in [1.54, 1.807) is 0 Å². The highest BCUT2D eigenvalue weighted by Crippen LogP contribution is 2.29. The van der Waals surface area contributed by atoms with E-state index in [0.717, 1.165) is 0 Å². The molecule has 1 aromatic carbocycles. The molecule has 0 atom stereocenters. The normalized spacial score (nSPS) is 10.7. The van der Waals surface area contributed by atoms with Crippen molar-refractivity contribution in [3.8, 4) is 5.75 Å². The lowest BCUT2D eigenvalue weighted by Gasteiger charge is -2.10. The average molecular weight is 310 g/mol. The van der Waals surface area contributed by atoms with E-state index in [0.29, 0.717) is 5.56 Å². The van der Waals surface area contributed by atoms with Crippen LogP contribution in [-0.4, -0.2) is 4.98 Å². The standard InChI is InChI=1S/C12H5ClF5NO/c13-6-2-1-5(3-19-6)4-20-12-10(17)8(15)7(14)9(16)11(12)18/h1-3H,4H2. The number of halogens is 6. The summed E-state index contributed by atoms with van der Waals surface area (Å²) in [7, 11) is 0. The minimum atomic E-state index is -2.24. The molecule has 0 aliphatic carbocycles. The Morgan fingerprint density at radius 2 is 1.45 bits per heavy atom. The summed E-state index contributed by atoms with van der Waals surface area (Å²) in [6, 6.07) is 2.82. The van der Waals surface area contributed by atoms with Crippen LogP contribution in [0.5, 0.6) is 5.75 Å². The van der Waals surface area contributed by atoms with Gasteiger partial charge in [-0.1, -0.05) is 17.7 Å². The Kier molecular flexibility index (Phi) is 4.08. The zero-order valence-electron chi connectivity index (χ0n) is 9.56. The summed E-state index contributed by atoms with van der Waals surface area (Å²) in [6.07, 6.45) is 1.24. The fourth-order valence-corrected chi connectivity index (χ4v) is 1.47. The highest BCUT2D eigenvalue weighted by atomic mass is 35.5. The van der Waals surface area contributed by atoms with Crippen LogP contribution in [0.2, 0.25) is 5.15 Å². The first-order chi connectivity index (χ1) is 9.41. The Hall–Kier alpha value is -1.89. The van der Waals surface area contributed by atoms with Crippen LogP contribution in [0.3, 0.4) is 0 Å². The zero-order chi connectivity index (χ0) is 14.9. The first kappa shape index (κ1) is 14.5. The first-order valence-electron chi connectivity index (χ1n) is 5.16. The Labute approximate surface area is 114 Å². The second-order valence-electron chi connectivity index (χ2n) is 3.68. The Bertz CT molecular complexity index is 618. The monoisotopic (exact) mass is 309 g/mol. The SMILES string of the molecule is Fc1c(F)c(F)c(OCc2ccc(Cl)nc2)c(F)c1F. The van der Waals surface area contributed by atoms with Crippen molar-refractivity contribution in [2.45, 2.75) is 6.61 Å². The number of rotatable bonds is 3. The molecule has 20 heavy (non-hydrogen) atoms. The van der Waals surface area contributed by atoms with Crippen LogP contribution in [0.4, 0.5) is 22.0 Å². The molecular formula is C12H5ClF5NO. The molecule has 0 fully saturated rings. The number of ether oxygens (including phenoxy) is 1. The Morgan fingerprint density at radius 3 is 1.95 bits per heavy atom. The van der Waals surface area contributed by atoms with Crippen LogP contribution in [0.15, 0.2) is 18.3 Å². The average Bonchev–Trinajstić information content (AvgIpc) is 2.45. The van der Waals surface area contributed by atoms with E-state index in [1.807, 2.05) is 0 Å². The molecule has 0 aliphatic rings. The number of pyridine rings is 1. The third-order valence-electron chi connectivity index (χ3n) is 2.34. The summed E-state index contributed by atoms with van der Waals surface area (Å²) < 4.78 is 69.8. The predicted molar refractivity (Wildman–Crippen MR) is 59.8 cm³/mol. The summed E-state index contributed by atoms with van der Waals surface area (Å²) in [5.41, 5.74) is 0.346. The second-order valence-corrected chi connectivity index (χ2v) is 4.06. The molecular weight excluding hydrogens is 305 g/mol. The van der Waals surface area contributed by atoms with Crippen LogP contribution in [0.1, 0.15) is 5.56 Å². The summed E-state index contributed by atoms with van der Waals surface area (Å²) in [4.78, 5) is 3.68. The van der Waals surface area contributed by atoms with E-state index in [4.69, 9.17) is 11.6 Å². The van der Waals surface area contributed by atoms with E-state index in [1.165, 1.54) is 18.3 Å². The van der Waals surface area contributed by atoms with Crippen LogP contribution < -0.4 is 4.74 Å². The minimum Gasteiger partial charge on any atom is -0.483 e. The number of aromatic nitrogens is 1. The van der Waals surface area contributed by atoms with E-state index in [-0.39, 0.29) is 5.15 Å². The highest BCUT2D eigenvalue weighted by Gasteiger charge is 2.26. The lowest BCUT2D eigenvalue weighted by Crippen LogP contribution is -2.07. The maximum atomic E-state index is 13.3. The van der Waals surface area contributed by atoms with Gasteiger partial charge < -0.3 is 4.74 Å². The van der Waals surface area contributed by atoms with E-state index in [2.05, 4.69) is 9.72 Å². The maximum Gasteiger partial charge on any atom is 0.207 e. The molecule has 0 N–H and O–H groups in total. The van der Waals surface area contributed by atoms with Crippen LogP contribution >= 0.6 is 11.6 Å². The van der Waals surface area contributed by atoms with Crippen molar-refractivity contribution >= 4 is 11.6 Å². The summed E-state index contributed by atoms with van der Waals surface area (Å²) in [5, 5.41) is 0.185. The predicted octanol–water partition coefficient (Wildman–Crippen LogP) is 4.01. The van der Waals surface area contributed by atoms with E-state index >= 15 is 0 Å². The van der Waals surface area contributed by atoms with Gasteiger partial charge in [0.25, 0.3) is 0 Å². The van der Waals surface area contributed by atoms with Crippen LogP contribution in [-0.2, 0) is 6.61 Å². The second kappa shape index (κ2) is 5.62. The fourth-order valence-electron chi connectivity index (χ4n) is 1.36. The minimum absolute atomic E-state index is 0.185. The van der Waals surface area contributed by atoms with Gasteiger partial charge in [-0.3, -0.25) is 0 Å². The van der Waals surface area contributed by atoms with Gasteiger partial charge in [0, 0.05) is 11.8 Å². The molecule has 0 amide bonds. The van der Waals surface area contributed by atoms with E-state index in [9.17, 15) is 22.0 Å². The molecule has 0 unspecified atom stereocenters. The van der Waals surface area contributed by atoms with Gasteiger partial charge in [-0.15, -0.1) is 0 Å². The zero-order valence-corrected chi connectivity index (χ0v) is 10.3. The number of nitrogens with zero attached hydrogens (tertiary/aromatic N) is 1. The molecule has 0 aliphatic heterocycles. The third kappa shape index (κ3) is 2.67. The largest absolute Gasteiger partial charge is 0.483 e. The highest BCUT2D eigenvalue weighted by molar-refractivity contribution is 6.29. The van der Waals surface area contributed by atoms with E-state index < -0.39 is 41.4 Å². The molecule has 2 rings (SSSR count). The van der Waals surface area contributed by atoms with Gasteiger partial charge in [-0.2, -0.15) is 8.78 Å². The van der Waals surface area contributed by atoms with Crippen molar-refractivity contribution in [1.29, 1.82) is 0 Å². The van der Waals surface area contributed by atoms with Gasteiger partial charge >= 0.3 is 0 Å². The molecule has 0 bridgehead atoms. The Morgan fingerprint density at radius 1 is 0.900 bits per heavy atom. The molecule has 0 radical (unpaired) electrons. The van der Waals surface area contributed by atoms with Gasteiger partial charge in [0.2, 0.25) is 29.1 Å². The molecule has 2 nitrogen and oxygen atoms in total. The smallest absolute Gasteiger partial charge is 0.207 e. The molecule has 8 heteroatoms. The van der Waals surface area contributed by atoms with Crippen molar-refractivity contribution in [2.75, 3.05) is 0 Å². The molecule has 1 heterocycles. The Balaban J connectivity index is 2.28. The van der Waals surface area contributed by atoms with Crippen molar-refractivity contribution in [2.24, 2.45) is 0 Å². The van der Waals surface area contributed by atoms with Gasteiger partial charge in [-0.05, 0) is 6.07 Å². The lowest BCUT2D eigenvalue weighted by atomic mass is 10.2. The number of benzene rings is 1. The summed E-state index contributed by atoms with van der Waals surface area (Å²) in [5.74, 6) is -11.7. The van der Waals surface area contributed by atoms with Crippen LogP contribution in [0.25, 0.3) is 0 Å². The van der Waals surface area contributed by atoms with Crippen molar-refractivity contribution in [3.63, 3.8) is 0 Å². The molecule has 0 saturated carbocycles. The summed E-state index contributed by atoms with van der Waals surface area (Å²) >= 11 is 5.53. The van der Waals surface area contributed by atoms with Gasteiger partial charge in [0.15, 0.2) is 5.75 Å². The molecule has 1 aromatic heterocycles. The molecule has 2 aromatic rings. The third-order valence-corrected chi connectivity index (χ3v) is 2.56. The van der Waals surface area contributed by atoms with Crippen molar-refractivity contribution in [1.82, 2.24) is 4.98 Å². The molecule has 106 valence electrons. The van der Waals surface area contributed by atoms with Gasteiger partial charge in [-0.25, -0.2) is 18.2 Å². The van der Waals surface area contributed by atoms with Gasteiger partial charge in [0.1, 0.15) is 11.8 Å². The van der Waals surface area contributed by atoms with Crippen molar-refractivity contribution < 1.29 is 26.7 Å². The van der Waals surface area contributed by atoms with Gasteiger partial charge in [0.05, 0.1) is 0 Å². The fraction of sp³-hybridized carbons (Fsp3) is 0.0833. The first-order valence-corrected chi connectivity index (χ1v) is 5.54. The van der Waals surface area contributed by atoms with Crippen LogP contribution in [0, 0.1) is 29.1 Å². The molecule has 0 spiro atoms. The number of hydrogen-bond donors (Lipinski definition) is 0. The maximum absolute atomic E-state index is 13.3.